The van der Waals surface area contributed by atoms with Crippen molar-refractivity contribution < 1.29 is 9.94 Å². The van der Waals surface area contributed by atoms with Gasteiger partial charge in [0.15, 0.2) is 0 Å². The SMILES string of the molecule is COc1cc(CNO)cc(C)c1Br. The van der Waals surface area contributed by atoms with Crippen LogP contribution in [0.2, 0.25) is 0 Å². The van der Waals surface area contributed by atoms with Crippen LogP contribution < -0.4 is 10.2 Å². The molecular formula is C9H12BrNO2. The van der Waals surface area contributed by atoms with Gasteiger partial charge in [0.2, 0.25) is 0 Å². The van der Waals surface area contributed by atoms with Crippen LogP contribution in [0.3, 0.4) is 0 Å². The Kier molecular flexibility index (Phi) is 3.71. The minimum atomic E-state index is 0.421. The van der Waals surface area contributed by atoms with Gasteiger partial charge in [-0.1, -0.05) is 6.07 Å². The van der Waals surface area contributed by atoms with Gasteiger partial charge in [-0.2, -0.15) is 0 Å². The molecule has 3 nitrogen and oxygen atoms in total. The Balaban J connectivity index is 3.06. The molecule has 0 unspecified atom stereocenters. The molecule has 1 aromatic rings. The van der Waals surface area contributed by atoms with E-state index in [-0.39, 0.29) is 0 Å². The largest absolute Gasteiger partial charge is 0.496 e. The van der Waals surface area contributed by atoms with E-state index in [2.05, 4.69) is 21.4 Å². The van der Waals surface area contributed by atoms with Gasteiger partial charge in [-0.15, -0.1) is 0 Å². The van der Waals surface area contributed by atoms with Crippen molar-refractivity contribution in [1.82, 2.24) is 5.48 Å². The molecule has 0 fully saturated rings. The Morgan fingerprint density at radius 3 is 2.77 bits per heavy atom. The lowest BCUT2D eigenvalue weighted by Gasteiger charge is -2.08. The standard InChI is InChI=1S/C9H12BrNO2/c1-6-3-7(5-11-12)4-8(13-2)9(6)10/h3-4,11-12H,5H2,1-2H3. The lowest BCUT2D eigenvalue weighted by Crippen LogP contribution is -2.06. The van der Waals surface area contributed by atoms with Gasteiger partial charge in [0.05, 0.1) is 11.6 Å². The number of ether oxygens (including phenoxy) is 1. The maximum absolute atomic E-state index is 8.54. The topological polar surface area (TPSA) is 41.5 Å². The number of benzene rings is 1. The predicted molar refractivity (Wildman–Crippen MR) is 54.1 cm³/mol. The Morgan fingerprint density at radius 1 is 1.54 bits per heavy atom. The van der Waals surface area contributed by atoms with Gasteiger partial charge in [-0.25, -0.2) is 5.48 Å². The zero-order chi connectivity index (χ0) is 9.84. The van der Waals surface area contributed by atoms with Crippen molar-refractivity contribution >= 4 is 15.9 Å². The molecule has 0 atom stereocenters. The fourth-order valence-corrected chi connectivity index (χ4v) is 1.54. The van der Waals surface area contributed by atoms with E-state index in [1.807, 2.05) is 19.1 Å². The number of hydrogen-bond acceptors (Lipinski definition) is 3. The maximum atomic E-state index is 8.54. The molecule has 13 heavy (non-hydrogen) atoms. The first kappa shape index (κ1) is 10.5. The van der Waals surface area contributed by atoms with Crippen molar-refractivity contribution in [3.63, 3.8) is 0 Å². The molecule has 0 saturated heterocycles. The smallest absolute Gasteiger partial charge is 0.133 e. The molecule has 0 amide bonds. The average Bonchev–Trinajstić information content (AvgIpc) is 2.11. The lowest BCUT2D eigenvalue weighted by molar-refractivity contribution is 0.161. The zero-order valence-electron chi connectivity index (χ0n) is 7.60. The summed E-state index contributed by atoms with van der Waals surface area (Å²) >= 11 is 3.42. The van der Waals surface area contributed by atoms with E-state index in [0.29, 0.717) is 6.54 Å². The van der Waals surface area contributed by atoms with Gasteiger partial charge in [-0.3, -0.25) is 0 Å². The first-order chi connectivity index (χ1) is 6.19. The molecule has 1 rings (SSSR count). The molecule has 0 spiro atoms. The van der Waals surface area contributed by atoms with Crippen LogP contribution in [0.15, 0.2) is 16.6 Å². The fraction of sp³-hybridized carbons (Fsp3) is 0.333. The van der Waals surface area contributed by atoms with Crippen molar-refractivity contribution in [2.45, 2.75) is 13.5 Å². The highest BCUT2D eigenvalue weighted by atomic mass is 79.9. The summed E-state index contributed by atoms with van der Waals surface area (Å²) in [6.07, 6.45) is 0. The number of halogens is 1. The van der Waals surface area contributed by atoms with Gasteiger partial charge >= 0.3 is 0 Å². The third-order valence-electron chi connectivity index (χ3n) is 1.78. The first-order valence-electron chi connectivity index (χ1n) is 3.89. The second-order valence-corrected chi connectivity index (χ2v) is 3.56. The Labute approximate surface area is 85.8 Å². The highest BCUT2D eigenvalue weighted by Crippen LogP contribution is 2.29. The molecule has 0 aliphatic carbocycles. The molecule has 72 valence electrons. The van der Waals surface area contributed by atoms with Gasteiger partial charge < -0.3 is 9.94 Å². The van der Waals surface area contributed by atoms with Crippen molar-refractivity contribution in [3.05, 3.63) is 27.7 Å². The van der Waals surface area contributed by atoms with E-state index in [0.717, 1.165) is 21.3 Å². The van der Waals surface area contributed by atoms with Gasteiger partial charge in [0.25, 0.3) is 0 Å². The molecule has 1 aromatic carbocycles. The monoisotopic (exact) mass is 245 g/mol. The molecule has 2 N–H and O–H groups in total. The highest BCUT2D eigenvalue weighted by Gasteiger charge is 2.05. The molecule has 0 heterocycles. The van der Waals surface area contributed by atoms with Gasteiger partial charge in [0.1, 0.15) is 5.75 Å². The number of nitrogens with one attached hydrogen (secondary N) is 1. The van der Waals surface area contributed by atoms with Crippen LogP contribution in [-0.2, 0) is 6.54 Å². The molecule has 0 aliphatic heterocycles. The van der Waals surface area contributed by atoms with Crippen molar-refractivity contribution in [2.24, 2.45) is 0 Å². The van der Waals surface area contributed by atoms with Gasteiger partial charge in [-0.05, 0) is 40.0 Å². The minimum Gasteiger partial charge on any atom is -0.496 e. The van der Waals surface area contributed by atoms with E-state index in [9.17, 15) is 0 Å². The van der Waals surface area contributed by atoms with Crippen LogP contribution in [0.1, 0.15) is 11.1 Å². The van der Waals surface area contributed by atoms with Crippen LogP contribution in [0.5, 0.6) is 5.75 Å². The molecule has 0 bridgehead atoms. The van der Waals surface area contributed by atoms with E-state index >= 15 is 0 Å². The zero-order valence-corrected chi connectivity index (χ0v) is 9.18. The number of rotatable bonds is 3. The Hall–Kier alpha value is -0.580. The quantitative estimate of drug-likeness (QED) is 0.803. The molecular weight excluding hydrogens is 234 g/mol. The molecule has 4 heteroatoms. The fourth-order valence-electron chi connectivity index (χ4n) is 1.15. The van der Waals surface area contributed by atoms with E-state index in [4.69, 9.17) is 9.94 Å². The summed E-state index contributed by atoms with van der Waals surface area (Å²) in [6.45, 7) is 2.40. The van der Waals surface area contributed by atoms with Gasteiger partial charge in [0, 0.05) is 6.54 Å². The summed E-state index contributed by atoms with van der Waals surface area (Å²) < 4.78 is 6.11. The van der Waals surface area contributed by atoms with Crippen molar-refractivity contribution in [1.29, 1.82) is 0 Å². The molecule has 0 radical (unpaired) electrons. The summed E-state index contributed by atoms with van der Waals surface area (Å²) in [4.78, 5) is 0. The number of hydroxylamine groups is 1. The third kappa shape index (κ3) is 2.43. The molecule has 0 aromatic heterocycles. The average molecular weight is 246 g/mol. The highest BCUT2D eigenvalue weighted by molar-refractivity contribution is 9.10. The summed E-state index contributed by atoms with van der Waals surface area (Å²) in [6, 6.07) is 3.86. The summed E-state index contributed by atoms with van der Waals surface area (Å²) in [7, 11) is 1.62. The number of aryl methyl sites for hydroxylation is 1. The molecule has 0 saturated carbocycles. The van der Waals surface area contributed by atoms with Crippen LogP contribution >= 0.6 is 15.9 Å². The van der Waals surface area contributed by atoms with Crippen LogP contribution in [0, 0.1) is 6.92 Å². The van der Waals surface area contributed by atoms with Crippen molar-refractivity contribution in [3.8, 4) is 5.75 Å². The maximum Gasteiger partial charge on any atom is 0.133 e. The second kappa shape index (κ2) is 4.60. The second-order valence-electron chi connectivity index (χ2n) is 2.76. The predicted octanol–water partition coefficient (Wildman–Crippen LogP) is 2.24. The summed E-state index contributed by atoms with van der Waals surface area (Å²) in [5.74, 6) is 0.783. The van der Waals surface area contributed by atoms with Crippen LogP contribution in [0.4, 0.5) is 0 Å². The van der Waals surface area contributed by atoms with Crippen LogP contribution in [0.25, 0.3) is 0 Å². The van der Waals surface area contributed by atoms with Crippen LogP contribution in [-0.4, -0.2) is 12.3 Å². The van der Waals surface area contributed by atoms with E-state index in [1.165, 1.54) is 0 Å². The Morgan fingerprint density at radius 2 is 2.23 bits per heavy atom. The minimum absolute atomic E-state index is 0.421. The summed E-state index contributed by atoms with van der Waals surface area (Å²) in [5, 5.41) is 8.54. The number of methoxy groups -OCH3 is 1. The molecule has 0 aliphatic rings. The van der Waals surface area contributed by atoms with Crippen molar-refractivity contribution in [2.75, 3.05) is 7.11 Å². The normalized spacial score (nSPS) is 10.2. The summed E-state index contributed by atoms with van der Waals surface area (Å²) in [5.41, 5.74) is 4.18. The first-order valence-corrected chi connectivity index (χ1v) is 4.68. The Bertz CT molecular complexity index is 302. The van der Waals surface area contributed by atoms with E-state index in [1.54, 1.807) is 7.11 Å². The lowest BCUT2D eigenvalue weighted by atomic mass is 10.1. The van der Waals surface area contributed by atoms with E-state index < -0.39 is 0 Å². The third-order valence-corrected chi connectivity index (χ3v) is 2.80. The number of hydrogen-bond donors (Lipinski definition) is 2.